The second-order valence-electron chi connectivity index (χ2n) is 4.22. The predicted octanol–water partition coefficient (Wildman–Crippen LogP) is 2.97. The van der Waals surface area contributed by atoms with Crippen LogP contribution in [-0.4, -0.2) is 12.3 Å². The molecule has 0 aliphatic rings. The highest BCUT2D eigenvalue weighted by molar-refractivity contribution is 6.30. The lowest BCUT2D eigenvalue weighted by molar-refractivity contribution is -0.121. The van der Waals surface area contributed by atoms with Gasteiger partial charge in [0.15, 0.2) is 0 Å². The lowest BCUT2D eigenvalue weighted by Crippen LogP contribution is -2.15. The molecule has 0 aliphatic heterocycles. The van der Waals surface area contributed by atoms with Crippen LogP contribution in [0, 0.1) is 11.7 Å². The van der Waals surface area contributed by atoms with Crippen molar-refractivity contribution in [1.29, 1.82) is 0 Å². The Morgan fingerprint density at radius 2 is 2.24 bits per heavy atom. The minimum Gasteiger partial charge on any atom is -0.330 e. The molecule has 1 aromatic rings. The number of rotatable bonds is 6. The van der Waals surface area contributed by atoms with Crippen LogP contribution in [0.1, 0.15) is 25.3 Å². The molecular weight excluding hydrogens is 241 g/mol. The van der Waals surface area contributed by atoms with E-state index in [-0.39, 0.29) is 16.7 Å². The van der Waals surface area contributed by atoms with E-state index in [0.717, 1.165) is 18.4 Å². The van der Waals surface area contributed by atoms with E-state index in [9.17, 15) is 9.18 Å². The van der Waals surface area contributed by atoms with Gasteiger partial charge in [-0.25, -0.2) is 4.39 Å². The minimum absolute atomic E-state index is 0.0117. The van der Waals surface area contributed by atoms with Crippen LogP contribution in [0.2, 0.25) is 5.02 Å². The first-order valence-electron chi connectivity index (χ1n) is 5.71. The summed E-state index contributed by atoms with van der Waals surface area (Å²) in [5.41, 5.74) is 6.15. The number of benzene rings is 1. The highest BCUT2D eigenvalue weighted by Gasteiger charge is 2.13. The lowest BCUT2D eigenvalue weighted by atomic mass is 9.95. The number of ketones is 1. The largest absolute Gasteiger partial charge is 0.330 e. The summed E-state index contributed by atoms with van der Waals surface area (Å²) in [7, 11) is 0. The summed E-state index contributed by atoms with van der Waals surface area (Å²) in [6.07, 6.45) is 1.94. The SMILES string of the molecule is CC(CCCN)C(=O)Cc1ccc(F)c(Cl)c1. The number of halogens is 2. The fraction of sp³-hybridized carbons (Fsp3) is 0.462. The fourth-order valence-corrected chi connectivity index (χ4v) is 1.81. The van der Waals surface area contributed by atoms with Crippen LogP contribution in [0.4, 0.5) is 4.39 Å². The van der Waals surface area contributed by atoms with Crippen molar-refractivity contribution in [3.63, 3.8) is 0 Å². The van der Waals surface area contributed by atoms with Crippen LogP contribution in [0.3, 0.4) is 0 Å². The van der Waals surface area contributed by atoms with Crippen LogP contribution < -0.4 is 5.73 Å². The van der Waals surface area contributed by atoms with E-state index in [0.29, 0.717) is 13.0 Å². The Bertz CT molecular complexity index is 395. The quantitative estimate of drug-likeness (QED) is 0.851. The molecule has 0 amide bonds. The Balaban J connectivity index is 2.58. The third-order valence-corrected chi connectivity index (χ3v) is 3.04. The molecule has 0 saturated carbocycles. The van der Waals surface area contributed by atoms with Crippen LogP contribution in [-0.2, 0) is 11.2 Å². The summed E-state index contributed by atoms with van der Waals surface area (Å²) in [6.45, 7) is 2.49. The molecule has 0 saturated heterocycles. The molecule has 1 unspecified atom stereocenters. The molecule has 1 atom stereocenters. The Kier molecular flexibility index (Phi) is 5.59. The van der Waals surface area contributed by atoms with Gasteiger partial charge in [0.25, 0.3) is 0 Å². The molecule has 2 N–H and O–H groups in total. The van der Waals surface area contributed by atoms with Crippen LogP contribution in [0.25, 0.3) is 0 Å². The van der Waals surface area contributed by atoms with Crippen molar-refractivity contribution >= 4 is 17.4 Å². The van der Waals surface area contributed by atoms with Crippen LogP contribution in [0.15, 0.2) is 18.2 Å². The van der Waals surface area contributed by atoms with Crippen molar-refractivity contribution < 1.29 is 9.18 Å². The van der Waals surface area contributed by atoms with E-state index in [1.54, 1.807) is 6.07 Å². The van der Waals surface area contributed by atoms with Gasteiger partial charge in [-0.05, 0) is 37.1 Å². The summed E-state index contributed by atoms with van der Waals surface area (Å²) in [6, 6.07) is 4.38. The van der Waals surface area contributed by atoms with Gasteiger partial charge in [0.1, 0.15) is 11.6 Å². The van der Waals surface area contributed by atoms with Crippen LogP contribution >= 0.6 is 11.6 Å². The first-order chi connectivity index (χ1) is 8.04. The van der Waals surface area contributed by atoms with Gasteiger partial charge in [-0.2, -0.15) is 0 Å². The van der Waals surface area contributed by atoms with Crippen molar-refractivity contribution in [1.82, 2.24) is 0 Å². The topological polar surface area (TPSA) is 43.1 Å². The van der Waals surface area contributed by atoms with Crippen molar-refractivity contribution in [3.05, 3.63) is 34.6 Å². The smallest absolute Gasteiger partial charge is 0.141 e. The first kappa shape index (κ1) is 14.1. The molecular formula is C13H17ClFNO. The van der Waals surface area contributed by atoms with E-state index >= 15 is 0 Å². The molecule has 17 heavy (non-hydrogen) atoms. The average molecular weight is 258 g/mol. The second-order valence-corrected chi connectivity index (χ2v) is 4.63. The second kappa shape index (κ2) is 6.72. The lowest BCUT2D eigenvalue weighted by Gasteiger charge is -2.09. The van der Waals surface area contributed by atoms with Crippen LogP contribution in [0.5, 0.6) is 0 Å². The maximum atomic E-state index is 12.9. The number of hydrogen-bond acceptors (Lipinski definition) is 2. The Morgan fingerprint density at radius 1 is 1.53 bits per heavy atom. The zero-order valence-corrected chi connectivity index (χ0v) is 10.6. The van der Waals surface area contributed by atoms with Gasteiger partial charge in [-0.15, -0.1) is 0 Å². The summed E-state index contributed by atoms with van der Waals surface area (Å²) < 4.78 is 12.9. The molecule has 0 fully saturated rings. The van der Waals surface area contributed by atoms with E-state index in [4.69, 9.17) is 17.3 Å². The molecule has 0 spiro atoms. The third kappa shape index (κ3) is 4.44. The van der Waals surface area contributed by atoms with Crippen molar-refractivity contribution in [3.8, 4) is 0 Å². The molecule has 0 heterocycles. The maximum absolute atomic E-state index is 12.9. The number of hydrogen-bond donors (Lipinski definition) is 1. The molecule has 94 valence electrons. The summed E-state index contributed by atoms with van der Waals surface area (Å²) in [5, 5.41) is 0.0601. The first-order valence-corrected chi connectivity index (χ1v) is 6.09. The maximum Gasteiger partial charge on any atom is 0.141 e. The minimum atomic E-state index is -0.459. The van der Waals surface area contributed by atoms with E-state index in [2.05, 4.69) is 0 Å². The fourth-order valence-electron chi connectivity index (χ4n) is 1.61. The van der Waals surface area contributed by atoms with Crippen molar-refractivity contribution in [2.24, 2.45) is 11.7 Å². The molecule has 2 nitrogen and oxygen atoms in total. The number of carbonyl (C=O) groups is 1. The highest BCUT2D eigenvalue weighted by Crippen LogP contribution is 2.18. The summed E-state index contributed by atoms with van der Waals surface area (Å²) >= 11 is 5.66. The third-order valence-electron chi connectivity index (χ3n) is 2.75. The van der Waals surface area contributed by atoms with Gasteiger partial charge < -0.3 is 5.73 Å². The van der Waals surface area contributed by atoms with E-state index in [1.807, 2.05) is 6.92 Å². The monoisotopic (exact) mass is 257 g/mol. The Labute approximate surface area is 106 Å². The van der Waals surface area contributed by atoms with E-state index < -0.39 is 5.82 Å². The zero-order chi connectivity index (χ0) is 12.8. The van der Waals surface area contributed by atoms with Gasteiger partial charge in [-0.1, -0.05) is 24.6 Å². The standard InChI is InChI=1S/C13H17ClFNO/c1-9(3-2-6-16)13(17)8-10-4-5-12(15)11(14)7-10/h4-5,7,9H,2-3,6,8,16H2,1H3. The highest BCUT2D eigenvalue weighted by atomic mass is 35.5. The molecule has 1 aromatic carbocycles. The number of carbonyl (C=O) groups excluding carboxylic acids is 1. The van der Waals surface area contributed by atoms with E-state index in [1.165, 1.54) is 12.1 Å². The van der Waals surface area contributed by atoms with Gasteiger partial charge in [0.05, 0.1) is 5.02 Å². The van der Waals surface area contributed by atoms with Crippen molar-refractivity contribution in [2.45, 2.75) is 26.2 Å². The van der Waals surface area contributed by atoms with Crippen molar-refractivity contribution in [2.75, 3.05) is 6.54 Å². The summed E-state index contributed by atoms with van der Waals surface area (Å²) in [5.74, 6) is -0.331. The van der Waals surface area contributed by atoms with Gasteiger partial charge >= 0.3 is 0 Å². The summed E-state index contributed by atoms with van der Waals surface area (Å²) in [4.78, 5) is 11.8. The Morgan fingerprint density at radius 3 is 2.82 bits per heavy atom. The normalized spacial score (nSPS) is 12.5. The average Bonchev–Trinajstić information content (AvgIpc) is 2.30. The molecule has 0 radical (unpaired) electrons. The number of Topliss-reactive ketones (excluding diaryl/α,β-unsaturated/α-hetero) is 1. The van der Waals surface area contributed by atoms with Gasteiger partial charge in [0.2, 0.25) is 0 Å². The zero-order valence-electron chi connectivity index (χ0n) is 9.88. The molecule has 0 bridgehead atoms. The molecule has 0 aliphatic carbocycles. The predicted molar refractivity (Wildman–Crippen MR) is 67.6 cm³/mol. The number of nitrogens with two attached hydrogens (primary N) is 1. The molecule has 0 aromatic heterocycles. The molecule has 4 heteroatoms. The Hall–Kier alpha value is -0.930. The van der Waals surface area contributed by atoms with Gasteiger partial charge in [0, 0.05) is 12.3 Å². The molecule has 1 rings (SSSR count). The van der Waals surface area contributed by atoms with Gasteiger partial charge in [-0.3, -0.25) is 4.79 Å².